The second-order valence-electron chi connectivity index (χ2n) is 4.43. The monoisotopic (exact) mass is 239 g/mol. The lowest BCUT2D eigenvalue weighted by atomic mass is 10.1. The van der Waals surface area contributed by atoms with Crippen molar-refractivity contribution in [2.75, 3.05) is 0 Å². The number of imidazole rings is 1. The van der Waals surface area contributed by atoms with Gasteiger partial charge in [0.15, 0.2) is 5.65 Å². The zero-order valence-corrected chi connectivity index (χ0v) is 10.2. The minimum Gasteiger partial charge on any atom is -0.507 e. The van der Waals surface area contributed by atoms with Crippen molar-refractivity contribution in [2.24, 2.45) is 0 Å². The van der Waals surface area contributed by atoms with E-state index in [-0.39, 0.29) is 5.75 Å². The fraction of sp³-hybridized carbons (Fsp3) is 0.143. The minimum atomic E-state index is 0.220. The molecule has 3 aromatic rings. The molecule has 0 aliphatic carbocycles. The van der Waals surface area contributed by atoms with E-state index in [1.165, 1.54) is 0 Å². The SMILES string of the molecule is Cc1ccc(O)c(-c2nc3nccc(C)c3[nH]2)c1. The number of nitrogens with one attached hydrogen (secondary N) is 1. The first-order chi connectivity index (χ1) is 8.65. The molecule has 2 heterocycles. The highest BCUT2D eigenvalue weighted by Gasteiger charge is 2.11. The molecule has 0 atom stereocenters. The number of pyridine rings is 1. The standard InChI is InChI=1S/C14H13N3O/c1-8-3-4-11(18)10(7-8)13-16-12-9(2)5-6-15-14(12)17-13/h3-7,18H,1-2H3,(H,15,16,17). The second kappa shape index (κ2) is 3.84. The fourth-order valence-electron chi connectivity index (χ4n) is 2.00. The van der Waals surface area contributed by atoms with Crippen molar-refractivity contribution in [3.63, 3.8) is 0 Å². The molecule has 0 amide bonds. The van der Waals surface area contributed by atoms with Crippen molar-refractivity contribution < 1.29 is 5.11 Å². The lowest BCUT2D eigenvalue weighted by Gasteiger charge is -2.01. The molecule has 0 saturated carbocycles. The number of aromatic nitrogens is 3. The Morgan fingerprint density at radius 3 is 2.78 bits per heavy atom. The van der Waals surface area contributed by atoms with Gasteiger partial charge in [0, 0.05) is 6.20 Å². The van der Waals surface area contributed by atoms with Crippen molar-refractivity contribution in [1.29, 1.82) is 0 Å². The van der Waals surface area contributed by atoms with Gasteiger partial charge < -0.3 is 10.1 Å². The summed E-state index contributed by atoms with van der Waals surface area (Å²) in [4.78, 5) is 11.8. The summed E-state index contributed by atoms with van der Waals surface area (Å²) >= 11 is 0. The summed E-state index contributed by atoms with van der Waals surface area (Å²) in [6, 6.07) is 7.38. The smallest absolute Gasteiger partial charge is 0.178 e. The van der Waals surface area contributed by atoms with Gasteiger partial charge in [0.25, 0.3) is 0 Å². The molecule has 0 aliphatic rings. The molecule has 0 saturated heterocycles. The summed E-state index contributed by atoms with van der Waals surface area (Å²) < 4.78 is 0. The highest BCUT2D eigenvalue weighted by Crippen LogP contribution is 2.29. The molecule has 0 aliphatic heterocycles. The van der Waals surface area contributed by atoms with Crippen LogP contribution in [0.5, 0.6) is 5.75 Å². The minimum absolute atomic E-state index is 0.220. The molecule has 0 unspecified atom stereocenters. The number of hydrogen-bond donors (Lipinski definition) is 2. The summed E-state index contributed by atoms with van der Waals surface area (Å²) in [7, 11) is 0. The van der Waals surface area contributed by atoms with Gasteiger partial charge in [-0.1, -0.05) is 11.6 Å². The number of nitrogens with zero attached hydrogens (tertiary/aromatic N) is 2. The maximum absolute atomic E-state index is 9.90. The summed E-state index contributed by atoms with van der Waals surface area (Å²) in [5.41, 5.74) is 4.45. The average molecular weight is 239 g/mol. The Kier molecular flexibility index (Phi) is 2.30. The number of aromatic hydroxyl groups is 1. The molecule has 4 heteroatoms. The van der Waals surface area contributed by atoms with Crippen molar-refractivity contribution in [3.05, 3.63) is 41.6 Å². The summed E-state index contributed by atoms with van der Waals surface area (Å²) in [6.45, 7) is 3.98. The van der Waals surface area contributed by atoms with Crippen molar-refractivity contribution in [1.82, 2.24) is 15.0 Å². The Morgan fingerprint density at radius 1 is 1.17 bits per heavy atom. The molecule has 90 valence electrons. The molecule has 0 bridgehead atoms. The van der Waals surface area contributed by atoms with Gasteiger partial charge in [-0.25, -0.2) is 9.97 Å². The Hall–Kier alpha value is -2.36. The van der Waals surface area contributed by atoms with Crippen LogP contribution in [0.25, 0.3) is 22.6 Å². The Morgan fingerprint density at radius 2 is 2.00 bits per heavy atom. The normalized spacial score (nSPS) is 11.0. The van der Waals surface area contributed by atoms with E-state index in [2.05, 4.69) is 15.0 Å². The van der Waals surface area contributed by atoms with Crippen LogP contribution in [-0.4, -0.2) is 20.1 Å². The molecule has 0 radical (unpaired) electrons. The Labute approximate surface area is 104 Å². The number of fused-ring (bicyclic) bond motifs is 1. The van der Waals surface area contributed by atoms with Crippen molar-refractivity contribution >= 4 is 11.2 Å². The van der Waals surface area contributed by atoms with Gasteiger partial charge >= 0.3 is 0 Å². The molecule has 2 N–H and O–H groups in total. The highest BCUT2D eigenvalue weighted by molar-refractivity contribution is 5.80. The molecule has 1 aromatic carbocycles. The van der Waals surface area contributed by atoms with E-state index < -0.39 is 0 Å². The third kappa shape index (κ3) is 1.62. The van der Waals surface area contributed by atoms with Crippen LogP contribution in [0.15, 0.2) is 30.5 Å². The van der Waals surface area contributed by atoms with Crippen LogP contribution < -0.4 is 0 Å². The summed E-state index contributed by atoms with van der Waals surface area (Å²) in [6.07, 6.45) is 1.73. The molecular formula is C14H13N3O. The van der Waals surface area contributed by atoms with Crippen LogP contribution >= 0.6 is 0 Å². The van der Waals surface area contributed by atoms with E-state index >= 15 is 0 Å². The Bertz CT molecular complexity index is 731. The molecule has 4 nitrogen and oxygen atoms in total. The summed E-state index contributed by atoms with van der Waals surface area (Å²) in [5, 5.41) is 9.90. The lowest BCUT2D eigenvalue weighted by Crippen LogP contribution is -1.83. The van der Waals surface area contributed by atoms with E-state index in [4.69, 9.17) is 0 Å². The number of benzene rings is 1. The fourth-order valence-corrected chi connectivity index (χ4v) is 2.00. The quantitative estimate of drug-likeness (QED) is 0.686. The predicted molar refractivity (Wildman–Crippen MR) is 70.5 cm³/mol. The average Bonchev–Trinajstić information content (AvgIpc) is 2.77. The first-order valence-corrected chi connectivity index (χ1v) is 5.76. The van der Waals surface area contributed by atoms with Crippen molar-refractivity contribution in [2.45, 2.75) is 13.8 Å². The van der Waals surface area contributed by atoms with Crippen LogP contribution in [-0.2, 0) is 0 Å². The largest absolute Gasteiger partial charge is 0.507 e. The number of hydrogen-bond acceptors (Lipinski definition) is 3. The maximum atomic E-state index is 9.90. The molecule has 18 heavy (non-hydrogen) atoms. The molecule has 0 spiro atoms. The number of phenols is 1. The van der Waals surface area contributed by atoms with Gasteiger partial charge in [-0.3, -0.25) is 0 Å². The van der Waals surface area contributed by atoms with Crippen LogP contribution in [0.1, 0.15) is 11.1 Å². The highest BCUT2D eigenvalue weighted by atomic mass is 16.3. The molecular weight excluding hydrogens is 226 g/mol. The first kappa shape index (κ1) is 10.8. The summed E-state index contributed by atoms with van der Waals surface area (Å²) in [5.74, 6) is 0.866. The van der Waals surface area contributed by atoms with Gasteiger partial charge in [0.05, 0.1) is 11.1 Å². The van der Waals surface area contributed by atoms with Gasteiger partial charge in [-0.15, -0.1) is 0 Å². The van der Waals surface area contributed by atoms with Crippen molar-refractivity contribution in [3.8, 4) is 17.1 Å². The number of aryl methyl sites for hydroxylation is 2. The number of rotatable bonds is 1. The van der Waals surface area contributed by atoms with Crippen LogP contribution in [0, 0.1) is 13.8 Å². The second-order valence-corrected chi connectivity index (χ2v) is 4.43. The third-order valence-electron chi connectivity index (χ3n) is 3.01. The zero-order valence-electron chi connectivity index (χ0n) is 10.2. The van der Waals surface area contributed by atoms with E-state index in [0.717, 1.165) is 16.6 Å². The Balaban J connectivity index is 2.26. The molecule has 3 rings (SSSR count). The van der Waals surface area contributed by atoms with Gasteiger partial charge in [-0.05, 0) is 37.6 Å². The molecule has 2 aromatic heterocycles. The maximum Gasteiger partial charge on any atom is 0.178 e. The van der Waals surface area contributed by atoms with E-state index in [1.54, 1.807) is 12.3 Å². The van der Waals surface area contributed by atoms with Gasteiger partial charge in [0.1, 0.15) is 11.6 Å². The topological polar surface area (TPSA) is 61.8 Å². The van der Waals surface area contributed by atoms with Gasteiger partial charge in [0.2, 0.25) is 0 Å². The van der Waals surface area contributed by atoms with Crippen LogP contribution in [0.2, 0.25) is 0 Å². The van der Waals surface area contributed by atoms with E-state index in [0.29, 0.717) is 17.0 Å². The first-order valence-electron chi connectivity index (χ1n) is 5.76. The van der Waals surface area contributed by atoms with Crippen LogP contribution in [0.4, 0.5) is 0 Å². The number of H-pyrrole nitrogens is 1. The lowest BCUT2D eigenvalue weighted by molar-refractivity contribution is 0.477. The predicted octanol–water partition coefficient (Wildman–Crippen LogP) is 2.95. The van der Waals surface area contributed by atoms with E-state index in [9.17, 15) is 5.11 Å². The third-order valence-corrected chi connectivity index (χ3v) is 3.01. The number of phenolic OH excluding ortho intramolecular Hbond substituents is 1. The van der Waals surface area contributed by atoms with Crippen LogP contribution in [0.3, 0.4) is 0 Å². The molecule has 0 fully saturated rings. The van der Waals surface area contributed by atoms with Gasteiger partial charge in [-0.2, -0.15) is 0 Å². The van der Waals surface area contributed by atoms with E-state index in [1.807, 2.05) is 32.0 Å². The number of aromatic amines is 1. The zero-order chi connectivity index (χ0) is 12.7.